The van der Waals surface area contributed by atoms with E-state index in [1.54, 1.807) is 24.5 Å². The van der Waals surface area contributed by atoms with Crippen molar-refractivity contribution in [1.29, 1.82) is 0 Å². The van der Waals surface area contributed by atoms with Crippen molar-refractivity contribution >= 4 is 17.5 Å². The second-order valence-electron chi connectivity index (χ2n) is 3.29. The van der Waals surface area contributed by atoms with Crippen molar-refractivity contribution in [3.05, 3.63) is 30.1 Å². The van der Waals surface area contributed by atoms with E-state index in [-0.39, 0.29) is 11.3 Å². The Balaban J connectivity index is 2.31. The van der Waals surface area contributed by atoms with Crippen molar-refractivity contribution in [3.8, 4) is 0 Å². The molecule has 0 aliphatic heterocycles. The molecular formula is C11H15ClN2O. The minimum Gasteiger partial charge on any atom is -0.352 e. The Morgan fingerprint density at radius 2 is 2.20 bits per heavy atom. The zero-order chi connectivity index (χ0) is 11.1. The first-order valence-electron chi connectivity index (χ1n) is 5.06. The van der Waals surface area contributed by atoms with Crippen LogP contribution >= 0.6 is 11.6 Å². The van der Waals surface area contributed by atoms with E-state index in [2.05, 4.69) is 10.3 Å². The number of hydrogen-bond donors (Lipinski definition) is 1. The van der Waals surface area contributed by atoms with Gasteiger partial charge in [0.2, 0.25) is 0 Å². The van der Waals surface area contributed by atoms with Crippen molar-refractivity contribution in [1.82, 2.24) is 10.3 Å². The Labute approximate surface area is 94.9 Å². The normalized spacial score (nSPS) is 12.1. The summed E-state index contributed by atoms with van der Waals surface area (Å²) in [6, 6.07) is 3.38. The molecule has 1 N–H and O–H groups in total. The van der Waals surface area contributed by atoms with Gasteiger partial charge in [-0.1, -0.05) is 6.92 Å². The second kappa shape index (κ2) is 6.40. The predicted molar refractivity (Wildman–Crippen MR) is 61.1 cm³/mol. The molecule has 82 valence electrons. The highest BCUT2D eigenvalue weighted by molar-refractivity contribution is 6.20. The van der Waals surface area contributed by atoms with Gasteiger partial charge in [-0.25, -0.2) is 0 Å². The Morgan fingerprint density at radius 3 is 2.80 bits per heavy atom. The first-order valence-corrected chi connectivity index (χ1v) is 5.50. The standard InChI is InChI=1S/C11H15ClN2O/c1-2-10(12)5-8-14-11(15)9-3-6-13-7-4-9/h3-4,6-7,10H,2,5,8H2,1H3,(H,14,15). The molecule has 0 bridgehead atoms. The summed E-state index contributed by atoms with van der Waals surface area (Å²) in [7, 11) is 0. The molecule has 3 nitrogen and oxygen atoms in total. The average molecular weight is 227 g/mol. The van der Waals surface area contributed by atoms with Crippen LogP contribution in [0, 0.1) is 0 Å². The van der Waals surface area contributed by atoms with Crippen molar-refractivity contribution < 1.29 is 4.79 Å². The van der Waals surface area contributed by atoms with E-state index >= 15 is 0 Å². The Bertz CT molecular complexity index is 303. The van der Waals surface area contributed by atoms with Crippen LogP contribution < -0.4 is 5.32 Å². The number of alkyl halides is 1. The molecule has 0 radical (unpaired) electrons. The van der Waals surface area contributed by atoms with E-state index in [0.29, 0.717) is 12.1 Å². The number of carbonyl (C=O) groups is 1. The van der Waals surface area contributed by atoms with E-state index in [1.807, 2.05) is 6.92 Å². The number of nitrogens with one attached hydrogen (secondary N) is 1. The third kappa shape index (κ3) is 4.30. The lowest BCUT2D eigenvalue weighted by Crippen LogP contribution is -2.25. The quantitative estimate of drug-likeness (QED) is 0.783. The van der Waals surface area contributed by atoms with Crippen LogP contribution in [-0.4, -0.2) is 22.8 Å². The van der Waals surface area contributed by atoms with Crippen LogP contribution in [0.4, 0.5) is 0 Å². The number of rotatable bonds is 5. The fourth-order valence-corrected chi connectivity index (χ4v) is 1.26. The van der Waals surface area contributed by atoms with Gasteiger partial charge in [0.25, 0.3) is 5.91 Å². The minimum atomic E-state index is -0.0719. The molecule has 4 heteroatoms. The van der Waals surface area contributed by atoms with Crippen molar-refractivity contribution in [2.45, 2.75) is 25.1 Å². The maximum atomic E-state index is 11.5. The summed E-state index contributed by atoms with van der Waals surface area (Å²) < 4.78 is 0. The molecule has 1 atom stereocenters. The van der Waals surface area contributed by atoms with Gasteiger partial charge in [0.05, 0.1) is 0 Å². The number of halogens is 1. The number of hydrogen-bond acceptors (Lipinski definition) is 2. The molecule has 15 heavy (non-hydrogen) atoms. The third-order valence-electron chi connectivity index (χ3n) is 2.13. The molecule has 0 aliphatic carbocycles. The van der Waals surface area contributed by atoms with E-state index in [0.717, 1.165) is 12.8 Å². The summed E-state index contributed by atoms with van der Waals surface area (Å²) in [5.74, 6) is -0.0719. The summed E-state index contributed by atoms with van der Waals surface area (Å²) in [6.45, 7) is 2.64. The number of nitrogens with zero attached hydrogens (tertiary/aromatic N) is 1. The van der Waals surface area contributed by atoms with Crippen LogP contribution in [0.25, 0.3) is 0 Å². The number of amides is 1. The van der Waals surface area contributed by atoms with Gasteiger partial charge in [-0.15, -0.1) is 11.6 Å². The molecule has 0 aliphatic rings. The van der Waals surface area contributed by atoms with Crippen LogP contribution in [0.1, 0.15) is 30.1 Å². The number of pyridine rings is 1. The third-order valence-corrected chi connectivity index (χ3v) is 2.66. The molecule has 1 amide bonds. The van der Waals surface area contributed by atoms with Gasteiger partial charge in [0, 0.05) is 29.9 Å². The van der Waals surface area contributed by atoms with Crippen LogP contribution in [0.15, 0.2) is 24.5 Å². The fourth-order valence-electron chi connectivity index (χ4n) is 1.15. The average Bonchev–Trinajstić information content (AvgIpc) is 2.29. The lowest BCUT2D eigenvalue weighted by molar-refractivity contribution is 0.0953. The van der Waals surface area contributed by atoms with Crippen molar-refractivity contribution in [2.24, 2.45) is 0 Å². The molecule has 1 unspecified atom stereocenters. The largest absolute Gasteiger partial charge is 0.352 e. The molecular weight excluding hydrogens is 212 g/mol. The van der Waals surface area contributed by atoms with Gasteiger partial charge in [0.1, 0.15) is 0 Å². The van der Waals surface area contributed by atoms with Crippen LogP contribution in [-0.2, 0) is 0 Å². The fraction of sp³-hybridized carbons (Fsp3) is 0.455. The van der Waals surface area contributed by atoms with Gasteiger partial charge >= 0.3 is 0 Å². The maximum absolute atomic E-state index is 11.5. The van der Waals surface area contributed by atoms with Gasteiger partial charge in [-0.05, 0) is 25.0 Å². The van der Waals surface area contributed by atoms with Crippen LogP contribution in [0.5, 0.6) is 0 Å². The Morgan fingerprint density at radius 1 is 1.53 bits per heavy atom. The lowest BCUT2D eigenvalue weighted by atomic mass is 10.2. The topological polar surface area (TPSA) is 42.0 Å². The lowest BCUT2D eigenvalue weighted by Gasteiger charge is -2.07. The van der Waals surface area contributed by atoms with Crippen molar-refractivity contribution in [2.75, 3.05) is 6.54 Å². The monoisotopic (exact) mass is 226 g/mol. The smallest absolute Gasteiger partial charge is 0.251 e. The van der Waals surface area contributed by atoms with E-state index in [4.69, 9.17) is 11.6 Å². The molecule has 0 saturated heterocycles. The molecule has 1 aromatic heterocycles. The maximum Gasteiger partial charge on any atom is 0.251 e. The molecule has 0 fully saturated rings. The van der Waals surface area contributed by atoms with Gasteiger partial charge in [-0.3, -0.25) is 9.78 Å². The molecule has 0 saturated carbocycles. The zero-order valence-electron chi connectivity index (χ0n) is 8.74. The molecule has 1 heterocycles. The number of aromatic nitrogens is 1. The first kappa shape index (κ1) is 12.0. The molecule has 0 aromatic carbocycles. The summed E-state index contributed by atoms with van der Waals surface area (Å²) >= 11 is 5.93. The summed E-state index contributed by atoms with van der Waals surface area (Å²) in [6.07, 6.45) is 4.93. The molecule has 0 spiro atoms. The highest BCUT2D eigenvalue weighted by Gasteiger charge is 2.05. The summed E-state index contributed by atoms with van der Waals surface area (Å²) in [5, 5.41) is 2.95. The summed E-state index contributed by atoms with van der Waals surface area (Å²) in [4.78, 5) is 15.4. The van der Waals surface area contributed by atoms with Crippen molar-refractivity contribution in [3.63, 3.8) is 0 Å². The summed E-state index contributed by atoms with van der Waals surface area (Å²) in [5.41, 5.74) is 0.632. The predicted octanol–water partition coefficient (Wildman–Crippen LogP) is 2.22. The highest BCUT2D eigenvalue weighted by Crippen LogP contribution is 2.05. The molecule has 1 rings (SSSR count). The van der Waals surface area contributed by atoms with Crippen LogP contribution in [0.2, 0.25) is 0 Å². The number of carbonyl (C=O) groups excluding carboxylic acids is 1. The Hall–Kier alpha value is -1.09. The van der Waals surface area contributed by atoms with Gasteiger partial charge in [0.15, 0.2) is 0 Å². The van der Waals surface area contributed by atoms with E-state index in [9.17, 15) is 4.79 Å². The highest BCUT2D eigenvalue weighted by atomic mass is 35.5. The van der Waals surface area contributed by atoms with Gasteiger partial charge in [-0.2, -0.15) is 0 Å². The van der Waals surface area contributed by atoms with Crippen LogP contribution in [0.3, 0.4) is 0 Å². The zero-order valence-corrected chi connectivity index (χ0v) is 9.50. The Kier molecular flexibility index (Phi) is 5.12. The van der Waals surface area contributed by atoms with E-state index < -0.39 is 0 Å². The van der Waals surface area contributed by atoms with E-state index in [1.165, 1.54) is 0 Å². The minimum absolute atomic E-state index is 0.0719. The second-order valence-corrected chi connectivity index (χ2v) is 3.90. The molecule has 1 aromatic rings. The van der Waals surface area contributed by atoms with Gasteiger partial charge < -0.3 is 5.32 Å². The first-order chi connectivity index (χ1) is 7.24. The SMILES string of the molecule is CCC(Cl)CCNC(=O)c1ccncc1.